The van der Waals surface area contributed by atoms with Gasteiger partial charge in [-0.15, -0.1) is 0 Å². The standard InChI is InChI=1S/C14H18N2O2/c1-14(2,3)18-13(17)16(10-9-15)11-12-7-5-4-6-8-12/h4-8H,10-11H2,1-3H3. The van der Waals surface area contributed by atoms with Crippen LogP contribution in [0, 0.1) is 11.3 Å². The molecule has 0 aliphatic rings. The van der Waals surface area contributed by atoms with Crippen molar-refractivity contribution in [3.8, 4) is 6.07 Å². The molecule has 96 valence electrons. The van der Waals surface area contributed by atoms with Crippen LogP contribution in [0.1, 0.15) is 26.3 Å². The van der Waals surface area contributed by atoms with Gasteiger partial charge in [-0.3, -0.25) is 4.90 Å². The molecule has 0 N–H and O–H groups in total. The first-order valence-corrected chi connectivity index (χ1v) is 5.81. The second-order valence-corrected chi connectivity index (χ2v) is 4.98. The Kier molecular flexibility index (Phi) is 4.73. The van der Waals surface area contributed by atoms with Crippen molar-refractivity contribution < 1.29 is 9.53 Å². The molecule has 0 aliphatic carbocycles. The summed E-state index contributed by atoms with van der Waals surface area (Å²) in [6.45, 7) is 5.81. The van der Waals surface area contributed by atoms with Gasteiger partial charge in [0.05, 0.1) is 12.6 Å². The number of benzene rings is 1. The van der Waals surface area contributed by atoms with Gasteiger partial charge >= 0.3 is 6.09 Å². The van der Waals surface area contributed by atoms with Crippen LogP contribution in [0.2, 0.25) is 0 Å². The van der Waals surface area contributed by atoms with E-state index in [0.717, 1.165) is 5.56 Å². The van der Waals surface area contributed by atoms with Crippen LogP contribution in [0.15, 0.2) is 30.3 Å². The maximum Gasteiger partial charge on any atom is 0.411 e. The first-order valence-electron chi connectivity index (χ1n) is 5.81. The minimum Gasteiger partial charge on any atom is -0.444 e. The van der Waals surface area contributed by atoms with Gasteiger partial charge in [-0.05, 0) is 26.3 Å². The Morgan fingerprint density at radius 2 is 1.94 bits per heavy atom. The Labute approximate surface area is 108 Å². The first kappa shape index (κ1) is 14.0. The number of hydrogen-bond donors (Lipinski definition) is 0. The van der Waals surface area contributed by atoms with Gasteiger partial charge in [-0.2, -0.15) is 5.26 Å². The average Bonchev–Trinajstić information content (AvgIpc) is 2.27. The van der Waals surface area contributed by atoms with E-state index in [4.69, 9.17) is 10.00 Å². The summed E-state index contributed by atoms with van der Waals surface area (Å²) >= 11 is 0. The van der Waals surface area contributed by atoms with Gasteiger partial charge in [0.25, 0.3) is 0 Å². The number of hydrogen-bond acceptors (Lipinski definition) is 3. The highest BCUT2D eigenvalue weighted by Gasteiger charge is 2.21. The maximum absolute atomic E-state index is 11.9. The highest BCUT2D eigenvalue weighted by atomic mass is 16.6. The molecule has 0 aliphatic heterocycles. The van der Waals surface area contributed by atoms with Gasteiger partial charge < -0.3 is 4.74 Å². The first-order chi connectivity index (χ1) is 8.42. The van der Waals surface area contributed by atoms with Crippen molar-refractivity contribution in [3.63, 3.8) is 0 Å². The lowest BCUT2D eigenvalue weighted by Crippen LogP contribution is -2.36. The zero-order valence-corrected chi connectivity index (χ0v) is 11.0. The van der Waals surface area contributed by atoms with E-state index >= 15 is 0 Å². The molecule has 0 aromatic heterocycles. The molecule has 0 unspecified atom stereocenters. The number of carbonyl (C=O) groups excluding carboxylic acids is 1. The fourth-order valence-electron chi connectivity index (χ4n) is 1.40. The van der Waals surface area contributed by atoms with Crippen molar-refractivity contribution >= 4 is 6.09 Å². The van der Waals surface area contributed by atoms with Crippen molar-refractivity contribution in [2.24, 2.45) is 0 Å². The molecule has 0 fully saturated rings. The van der Waals surface area contributed by atoms with Gasteiger partial charge in [0.2, 0.25) is 0 Å². The quantitative estimate of drug-likeness (QED) is 0.770. The van der Waals surface area contributed by atoms with Gasteiger partial charge in [0, 0.05) is 0 Å². The lowest BCUT2D eigenvalue weighted by Gasteiger charge is -2.25. The Bertz CT molecular complexity index is 429. The zero-order valence-electron chi connectivity index (χ0n) is 11.0. The van der Waals surface area contributed by atoms with Crippen LogP contribution in [-0.4, -0.2) is 23.1 Å². The topological polar surface area (TPSA) is 53.3 Å². The number of amides is 1. The molecule has 4 heteroatoms. The fraction of sp³-hybridized carbons (Fsp3) is 0.429. The molecule has 0 radical (unpaired) electrons. The molecule has 1 aromatic carbocycles. The van der Waals surface area contributed by atoms with Crippen LogP contribution < -0.4 is 0 Å². The highest BCUT2D eigenvalue weighted by Crippen LogP contribution is 2.12. The summed E-state index contributed by atoms with van der Waals surface area (Å²) in [5.74, 6) is 0. The molecule has 0 heterocycles. The van der Waals surface area contributed by atoms with Crippen LogP contribution >= 0.6 is 0 Å². The fourth-order valence-corrected chi connectivity index (χ4v) is 1.40. The van der Waals surface area contributed by atoms with Gasteiger partial charge in [0.1, 0.15) is 12.1 Å². The van der Waals surface area contributed by atoms with Crippen molar-refractivity contribution in [3.05, 3.63) is 35.9 Å². The normalized spacial score (nSPS) is 10.6. The molecular weight excluding hydrogens is 228 g/mol. The summed E-state index contributed by atoms with van der Waals surface area (Å²) in [4.78, 5) is 13.3. The second-order valence-electron chi connectivity index (χ2n) is 4.98. The van der Waals surface area contributed by atoms with Gasteiger partial charge in [0.15, 0.2) is 0 Å². The molecule has 1 aromatic rings. The lowest BCUT2D eigenvalue weighted by atomic mass is 10.2. The number of ether oxygens (including phenoxy) is 1. The third kappa shape index (κ3) is 4.88. The van der Waals surface area contributed by atoms with Crippen molar-refractivity contribution in [2.75, 3.05) is 6.54 Å². The molecule has 0 atom stereocenters. The van der Waals surface area contributed by atoms with Crippen LogP contribution in [0.5, 0.6) is 0 Å². The Morgan fingerprint density at radius 3 is 2.44 bits per heavy atom. The molecular formula is C14H18N2O2. The third-order valence-corrected chi connectivity index (χ3v) is 2.13. The van der Waals surface area contributed by atoms with E-state index in [1.54, 1.807) is 20.8 Å². The summed E-state index contributed by atoms with van der Waals surface area (Å²) < 4.78 is 5.26. The van der Waals surface area contributed by atoms with E-state index in [-0.39, 0.29) is 6.54 Å². The molecule has 18 heavy (non-hydrogen) atoms. The molecule has 0 bridgehead atoms. The summed E-state index contributed by atoms with van der Waals surface area (Å²) in [5.41, 5.74) is 0.417. The Balaban J connectivity index is 2.72. The monoisotopic (exact) mass is 246 g/mol. The summed E-state index contributed by atoms with van der Waals surface area (Å²) in [7, 11) is 0. The van der Waals surface area contributed by atoms with E-state index in [2.05, 4.69) is 0 Å². The molecule has 0 saturated carbocycles. The number of carbonyl (C=O) groups is 1. The van der Waals surface area contributed by atoms with Gasteiger partial charge in [-0.25, -0.2) is 4.79 Å². The largest absolute Gasteiger partial charge is 0.444 e. The van der Waals surface area contributed by atoms with Crippen molar-refractivity contribution in [1.82, 2.24) is 4.90 Å². The van der Waals surface area contributed by atoms with Crippen LogP contribution in [-0.2, 0) is 11.3 Å². The van der Waals surface area contributed by atoms with Crippen molar-refractivity contribution in [1.29, 1.82) is 5.26 Å². The predicted molar refractivity (Wildman–Crippen MR) is 68.7 cm³/mol. The van der Waals surface area contributed by atoms with Crippen molar-refractivity contribution in [2.45, 2.75) is 32.9 Å². The maximum atomic E-state index is 11.9. The van der Waals surface area contributed by atoms with E-state index in [9.17, 15) is 4.79 Å². The molecule has 4 nitrogen and oxygen atoms in total. The van der Waals surface area contributed by atoms with Crippen LogP contribution in [0.25, 0.3) is 0 Å². The van der Waals surface area contributed by atoms with E-state index in [0.29, 0.717) is 6.54 Å². The number of nitrogens with zero attached hydrogens (tertiary/aromatic N) is 2. The Hall–Kier alpha value is -2.02. The summed E-state index contributed by atoms with van der Waals surface area (Å²) in [6.07, 6.45) is -0.465. The van der Waals surface area contributed by atoms with Crippen LogP contribution in [0.3, 0.4) is 0 Å². The lowest BCUT2D eigenvalue weighted by molar-refractivity contribution is 0.0259. The zero-order chi connectivity index (χ0) is 13.6. The van der Waals surface area contributed by atoms with E-state index in [1.807, 2.05) is 36.4 Å². The predicted octanol–water partition coefficient (Wildman–Crippen LogP) is 2.95. The number of nitriles is 1. The second kappa shape index (κ2) is 6.06. The molecule has 0 saturated heterocycles. The molecule has 1 rings (SSSR count). The minimum atomic E-state index is -0.554. The summed E-state index contributed by atoms with van der Waals surface area (Å²) in [6, 6.07) is 11.5. The Morgan fingerprint density at radius 1 is 1.33 bits per heavy atom. The van der Waals surface area contributed by atoms with E-state index < -0.39 is 11.7 Å². The van der Waals surface area contributed by atoms with Gasteiger partial charge in [-0.1, -0.05) is 30.3 Å². The smallest absolute Gasteiger partial charge is 0.411 e. The third-order valence-electron chi connectivity index (χ3n) is 2.13. The summed E-state index contributed by atoms with van der Waals surface area (Å²) in [5, 5.41) is 8.76. The number of rotatable bonds is 3. The average molecular weight is 246 g/mol. The highest BCUT2D eigenvalue weighted by molar-refractivity contribution is 5.68. The SMILES string of the molecule is CC(C)(C)OC(=O)N(CC#N)Cc1ccccc1. The molecule has 1 amide bonds. The molecule has 0 spiro atoms. The minimum absolute atomic E-state index is 0.0177. The van der Waals surface area contributed by atoms with Crippen LogP contribution in [0.4, 0.5) is 4.79 Å². The van der Waals surface area contributed by atoms with E-state index in [1.165, 1.54) is 4.90 Å².